The molecule has 52 heavy (non-hydrogen) atoms. The molecule has 2 amide bonds. The smallest absolute Gasteiger partial charge is 0.375 e. The van der Waals surface area contributed by atoms with E-state index < -0.39 is 50.5 Å². The number of carbonyl (C=O) groups is 2. The van der Waals surface area contributed by atoms with Gasteiger partial charge in [0.15, 0.2) is 0 Å². The fourth-order valence-electron chi connectivity index (χ4n) is 5.58. The molecule has 4 rings (SSSR count). The van der Waals surface area contributed by atoms with Gasteiger partial charge in [-0.05, 0) is 59.7 Å². The number of hydrogen-bond acceptors (Lipinski definition) is 7. The summed E-state index contributed by atoms with van der Waals surface area (Å²) in [7, 11) is -3.05. The Labute approximate surface area is 299 Å². The van der Waals surface area contributed by atoms with Crippen molar-refractivity contribution in [1.29, 1.82) is 5.26 Å². The molecule has 0 saturated heterocycles. The summed E-state index contributed by atoms with van der Waals surface area (Å²) < 4.78 is 93.0. The first kappa shape index (κ1) is 39.7. The van der Waals surface area contributed by atoms with Crippen LogP contribution in [-0.2, 0) is 43.4 Å². The van der Waals surface area contributed by atoms with Crippen molar-refractivity contribution in [1.82, 2.24) is 14.5 Å². The van der Waals surface area contributed by atoms with Gasteiger partial charge in [0.25, 0.3) is 10.0 Å². The Balaban J connectivity index is 1.78. The second-order valence-electron chi connectivity index (χ2n) is 13.4. The summed E-state index contributed by atoms with van der Waals surface area (Å²) in [4.78, 5) is 24.4. The standard InChI is InChI=1S/C37H39F4N5O5S/c1-6-7-11-30-27(32(21-42)46(44-30)31-19-25(43-35(48)22-51-5)15-16-28(31)37(39,40)41)17-24-14-13-23(18-29(24)38)26-10-8-9-12-33(26)52(49,50)45-34(47)20-36(2,3)4/h8-10,12-16,18-19H,6-7,11,17,20,22H2,1-5H3,(H,43,48)(H,45,47). The number of ether oxygens (including phenoxy) is 1. The predicted molar refractivity (Wildman–Crippen MR) is 186 cm³/mol. The van der Waals surface area contributed by atoms with E-state index in [1.54, 1.807) is 26.8 Å². The summed E-state index contributed by atoms with van der Waals surface area (Å²) in [5, 5.41) is 17.2. The second kappa shape index (κ2) is 16.1. The zero-order valence-corrected chi connectivity index (χ0v) is 30.1. The highest BCUT2D eigenvalue weighted by Crippen LogP contribution is 2.37. The number of nitrogens with zero attached hydrogens (tertiary/aromatic N) is 3. The highest BCUT2D eigenvalue weighted by Gasteiger charge is 2.36. The number of amides is 2. The number of alkyl halides is 3. The number of methoxy groups -OCH3 is 1. The van der Waals surface area contributed by atoms with Crippen LogP contribution in [0.15, 0.2) is 65.6 Å². The minimum absolute atomic E-state index is 0.0128. The summed E-state index contributed by atoms with van der Waals surface area (Å²) in [5.74, 6) is -2.07. The summed E-state index contributed by atoms with van der Waals surface area (Å²) in [6, 6.07) is 14.7. The summed E-state index contributed by atoms with van der Waals surface area (Å²) in [6.07, 6.45) is -3.56. The lowest BCUT2D eigenvalue weighted by atomic mass is 9.92. The lowest BCUT2D eigenvalue weighted by Gasteiger charge is -2.18. The van der Waals surface area contributed by atoms with Crippen molar-refractivity contribution in [2.75, 3.05) is 19.0 Å². The van der Waals surface area contributed by atoms with Crippen LogP contribution in [0, 0.1) is 22.6 Å². The van der Waals surface area contributed by atoms with Crippen molar-refractivity contribution < 1.29 is 40.3 Å². The van der Waals surface area contributed by atoms with E-state index in [1.807, 2.05) is 13.0 Å². The monoisotopic (exact) mass is 741 g/mol. The summed E-state index contributed by atoms with van der Waals surface area (Å²) >= 11 is 0. The molecule has 1 aromatic heterocycles. The molecule has 0 spiro atoms. The van der Waals surface area contributed by atoms with E-state index >= 15 is 4.39 Å². The molecule has 0 bridgehead atoms. The number of rotatable bonds is 13. The van der Waals surface area contributed by atoms with Gasteiger partial charge < -0.3 is 10.1 Å². The maximum Gasteiger partial charge on any atom is 0.418 e. The Hall–Kier alpha value is -5.07. The molecule has 0 saturated carbocycles. The Kier molecular flexibility index (Phi) is 12.3. The van der Waals surface area contributed by atoms with Crippen LogP contribution in [0.3, 0.4) is 0 Å². The summed E-state index contributed by atoms with van der Waals surface area (Å²) in [6.45, 7) is 6.93. The molecule has 0 atom stereocenters. The Bertz CT molecular complexity index is 2120. The molecule has 15 heteroatoms. The zero-order chi connectivity index (χ0) is 38.4. The van der Waals surface area contributed by atoms with Crippen LogP contribution in [-0.4, -0.2) is 43.7 Å². The van der Waals surface area contributed by atoms with Crippen molar-refractivity contribution in [2.45, 2.75) is 70.9 Å². The average molecular weight is 742 g/mol. The number of aryl methyl sites for hydroxylation is 1. The maximum absolute atomic E-state index is 15.9. The van der Waals surface area contributed by atoms with E-state index in [0.717, 1.165) is 28.9 Å². The van der Waals surface area contributed by atoms with Gasteiger partial charge in [-0.1, -0.05) is 64.4 Å². The van der Waals surface area contributed by atoms with E-state index in [-0.39, 0.29) is 64.4 Å². The van der Waals surface area contributed by atoms with E-state index in [9.17, 15) is 36.4 Å². The van der Waals surface area contributed by atoms with Crippen LogP contribution in [0.5, 0.6) is 0 Å². The highest BCUT2D eigenvalue weighted by atomic mass is 32.2. The number of halogens is 4. The van der Waals surface area contributed by atoms with Crippen LogP contribution in [0.25, 0.3) is 16.8 Å². The van der Waals surface area contributed by atoms with Crippen LogP contribution in [0.2, 0.25) is 0 Å². The Morgan fingerprint density at radius 1 is 1.02 bits per heavy atom. The predicted octanol–water partition coefficient (Wildman–Crippen LogP) is 7.33. The van der Waals surface area contributed by atoms with E-state index in [1.165, 1.54) is 37.4 Å². The fourth-order valence-corrected chi connectivity index (χ4v) is 6.79. The first-order chi connectivity index (χ1) is 24.4. The number of nitriles is 1. The molecule has 1 heterocycles. The van der Waals surface area contributed by atoms with Gasteiger partial charge in [0.1, 0.15) is 24.2 Å². The highest BCUT2D eigenvalue weighted by molar-refractivity contribution is 7.90. The van der Waals surface area contributed by atoms with Crippen LogP contribution >= 0.6 is 0 Å². The number of hydrogen-bond donors (Lipinski definition) is 2. The first-order valence-corrected chi connectivity index (χ1v) is 17.8. The third-order valence-electron chi connectivity index (χ3n) is 7.88. The number of nitrogens with one attached hydrogen (secondary N) is 2. The average Bonchev–Trinajstić information content (AvgIpc) is 3.39. The second-order valence-corrected chi connectivity index (χ2v) is 15.0. The molecule has 276 valence electrons. The lowest BCUT2D eigenvalue weighted by molar-refractivity contribution is -0.137. The SMILES string of the molecule is CCCCc1nn(-c2cc(NC(=O)COC)ccc2C(F)(F)F)c(C#N)c1Cc1ccc(-c2ccccc2S(=O)(=O)NC(=O)CC(C)(C)C)cc1F. The molecular formula is C37H39F4N5O5S. The molecule has 0 aliphatic carbocycles. The molecule has 0 fully saturated rings. The van der Waals surface area contributed by atoms with Gasteiger partial charge in [-0.3, -0.25) is 9.59 Å². The molecule has 3 aromatic carbocycles. The molecular weight excluding hydrogens is 702 g/mol. The van der Waals surface area contributed by atoms with E-state index in [0.29, 0.717) is 18.5 Å². The molecule has 0 aliphatic rings. The largest absolute Gasteiger partial charge is 0.418 e. The molecule has 0 aliphatic heterocycles. The minimum Gasteiger partial charge on any atom is -0.375 e. The number of aromatic nitrogens is 2. The van der Waals surface area contributed by atoms with E-state index in [4.69, 9.17) is 4.74 Å². The minimum atomic E-state index is -4.85. The number of carbonyl (C=O) groups excluding carboxylic acids is 2. The third kappa shape index (κ3) is 9.62. The van der Waals surface area contributed by atoms with Gasteiger partial charge in [0, 0.05) is 36.8 Å². The fraction of sp³-hybridized carbons (Fsp3) is 0.351. The summed E-state index contributed by atoms with van der Waals surface area (Å²) in [5.41, 5.74) is -1.40. The topological polar surface area (TPSA) is 143 Å². The van der Waals surface area contributed by atoms with Gasteiger partial charge in [0.2, 0.25) is 11.8 Å². The van der Waals surface area contributed by atoms with Gasteiger partial charge in [-0.2, -0.15) is 23.5 Å². The van der Waals surface area contributed by atoms with Gasteiger partial charge >= 0.3 is 6.18 Å². The third-order valence-corrected chi connectivity index (χ3v) is 9.31. The molecule has 4 aromatic rings. The van der Waals surface area contributed by atoms with Gasteiger partial charge in [-0.25, -0.2) is 22.2 Å². The quantitative estimate of drug-likeness (QED) is 0.137. The molecule has 0 unspecified atom stereocenters. The van der Waals surface area contributed by atoms with Crippen molar-refractivity contribution in [3.05, 3.63) is 94.6 Å². The van der Waals surface area contributed by atoms with Crippen molar-refractivity contribution in [3.8, 4) is 22.9 Å². The van der Waals surface area contributed by atoms with Crippen molar-refractivity contribution in [2.24, 2.45) is 5.41 Å². The zero-order valence-electron chi connectivity index (χ0n) is 29.3. The van der Waals surface area contributed by atoms with Crippen LogP contribution < -0.4 is 10.0 Å². The van der Waals surface area contributed by atoms with Gasteiger partial charge in [0.05, 0.1) is 21.8 Å². The number of benzene rings is 3. The van der Waals surface area contributed by atoms with Crippen molar-refractivity contribution in [3.63, 3.8) is 0 Å². The lowest BCUT2D eigenvalue weighted by Crippen LogP contribution is -2.33. The van der Waals surface area contributed by atoms with Crippen LogP contribution in [0.1, 0.15) is 75.0 Å². The normalized spacial score (nSPS) is 12.0. The van der Waals surface area contributed by atoms with Crippen molar-refractivity contribution >= 4 is 27.5 Å². The maximum atomic E-state index is 15.9. The number of unbranched alkanes of at least 4 members (excludes halogenated alkanes) is 1. The van der Waals surface area contributed by atoms with Crippen LogP contribution in [0.4, 0.5) is 23.2 Å². The molecule has 10 nitrogen and oxygen atoms in total. The Morgan fingerprint density at radius 3 is 2.35 bits per heavy atom. The number of anilines is 1. The van der Waals surface area contributed by atoms with E-state index in [2.05, 4.69) is 15.1 Å². The first-order valence-electron chi connectivity index (χ1n) is 16.3. The van der Waals surface area contributed by atoms with Gasteiger partial charge in [-0.15, -0.1) is 0 Å². The molecule has 0 radical (unpaired) electrons. The molecule has 2 N–H and O–H groups in total. The number of sulfonamides is 1. The Morgan fingerprint density at radius 2 is 1.73 bits per heavy atom.